The van der Waals surface area contributed by atoms with Crippen LogP contribution in [0.5, 0.6) is 0 Å². The molecule has 0 spiro atoms. The average Bonchev–Trinajstić information content (AvgIpc) is 2.60. The number of hydrogen-bond acceptors (Lipinski definition) is 4. The predicted molar refractivity (Wildman–Crippen MR) is 72.5 cm³/mol. The Bertz CT molecular complexity index is 330. The van der Waals surface area contributed by atoms with Gasteiger partial charge in [0.1, 0.15) is 6.10 Å². The lowest BCUT2D eigenvalue weighted by atomic mass is 10.2. The smallest absolute Gasteiger partial charge is 0.339 e. The van der Waals surface area contributed by atoms with Crippen LogP contribution in [0, 0.1) is 0 Å². The van der Waals surface area contributed by atoms with Crippen molar-refractivity contribution in [3.8, 4) is 0 Å². The summed E-state index contributed by atoms with van der Waals surface area (Å²) in [4.78, 5) is 20.2. The summed E-state index contributed by atoms with van der Waals surface area (Å²) in [6.45, 7) is 12.4. The number of carbonyl (C=O) groups excluding carboxylic acids is 1. The third-order valence-electron chi connectivity index (χ3n) is 3.55. The van der Waals surface area contributed by atoms with Crippen molar-refractivity contribution in [2.45, 2.75) is 64.5 Å². The maximum Gasteiger partial charge on any atom is 0.339 e. The fourth-order valence-electron chi connectivity index (χ4n) is 1.48. The summed E-state index contributed by atoms with van der Waals surface area (Å²) in [7, 11) is -1.76. The summed E-state index contributed by atoms with van der Waals surface area (Å²) in [5.74, 6) is -0.433. The number of hydrogen-bond donors (Lipinski definition) is 0. The molecule has 104 valence electrons. The van der Waals surface area contributed by atoms with E-state index in [0.717, 1.165) is 0 Å². The third-order valence-corrected chi connectivity index (χ3v) is 8.05. The lowest BCUT2D eigenvalue weighted by molar-refractivity contribution is -0.287. The van der Waals surface area contributed by atoms with E-state index in [1.807, 2.05) is 12.2 Å². The molecule has 4 nitrogen and oxygen atoms in total. The van der Waals surface area contributed by atoms with Gasteiger partial charge in [0.05, 0.1) is 6.10 Å². The largest absolute Gasteiger partial charge is 0.410 e. The molecule has 1 aliphatic rings. The Morgan fingerprint density at radius 2 is 1.78 bits per heavy atom. The zero-order valence-electron chi connectivity index (χ0n) is 12.1. The molecule has 0 aliphatic heterocycles. The Kier molecular flexibility index (Phi) is 4.75. The van der Waals surface area contributed by atoms with Crippen LogP contribution in [-0.4, -0.2) is 26.5 Å². The molecule has 0 saturated heterocycles. The van der Waals surface area contributed by atoms with E-state index in [4.69, 9.17) is 9.31 Å². The van der Waals surface area contributed by atoms with E-state index < -0.39 is 14.3 Å². The van der Waals surface area contributed by atoms with E-state index in [9.17, 15) is 4.79 Å². The van der Waals surface area contributed by atoms with Crippen LogP contribution >= 0.6 is 0 Å². The molecule has 5 heteroatoms. The number of carbonyl (C=O) groups is 1. The first-order valence-electron chi connectivity index (χ1n) is 6.32. The molecule has 0 fully saturated rings. The van der Waals surface area contributed by atoms with Crippen molar-refractivity contribution in [3.05, 3.63) is 12.2 Å². The van der Waals surface area contributed by atoms with Gasteiger partial charge in [0.2, 0.25) is 0 Å². The summed E-state index contributed by atoms with van der Waals surface area (Å²) >= 11 is 0. The molecule has 1 rings (SSSR count). The topological polar surface area (TPSA) is 44.8 Å². The molecule has 0 aromatic rings. The van der Waals surface area contributed by atoms with Crippen molar-refractivity contribution in [3.63, 3.8) is 0 Å². The second kappa shape index (κ2) is 5.55. The first kappa shape index (κ1) is 15.4. The Morgan fingerprint density at radius 3 is 2.28 bits per heavy atom. The van der Waals surface area contributed by atoms with Gasteiger partial charge in [-0.3, -0.25) is 4.89 Å². The summed E-state index contributed by atoms with van der Waals surface area (Å²) in [5, 5.41) is 0.190. The summed E-state index contributed by atoms with van der Waals surface area (Å²) in [6, 6.07) is 0. The van der Waals surface area contributed by atoms with Crippen molar-refractivity contribution in [2.75, 3.05) is 0 Å². The molecule has 18 heavy (non-hydrogen) atoms. The van der Waals surface area contributed by atoms with Gasteiger partial charge in [-0.05, 0) is 18.1 Å². The maximum absolute atomic E-state index is 10.6. The molecule has 0 N–H and O–H groups in total. The standard InChI is InChI=1S/C13H24O4Si/c1-10(14)15-16-11-7-8-12(9-11)17-18(5,6)13(2,3)4/h7-8,11-12H,9H2,1-6H3. The van der Waals surface area contributed by atoms with Crippen molar-refractivity contribution in [2.24, 2.45) is 0 Å². The Balaban J connectivity index is 2.44. The highest BCUT2D eigenvalue weighted by Gasteiger charge is 2.39. The van der Waals surface area contributed by atoms with Gasteiger partial charge in [-0.1, -0.05) is 32.9 Å². The Hall–Kier alpha value is -0.653. The van der Waals surface area contributed by atoms with Crippen molar-refractivity contribution in [1.29, 1.82) is 0 Å². The van der Waals surface area contributed by atoms with Gasteiger partial charge in [-0.25, -0.2) is 4.79 Å². The van der Waals surface area contributed by atoms with E-state index in [-0.39, 0.29) is 17.2 Å². The highest BCUT2D eigenvalue weighted by molar-refractivity contribution is 6.74. The Morgan fingerprint density at radius 1 is 1.22 bits per heavy atom. The van der Waals surface area contributed by atoms with Gasteiger partial charge < -0.3 is 4.43 Å². The normalized spacial score (nSPS) is 24.3. The predicted octanol–water partition coefficient (Wildman–Crippen LogP) is 3.20. The zero-order chi connectivity index (χ0) is 14.0. The minimum absolute atomic E-state index is 0.0615. The summed E-state index contributed by atoms with van der Waals surface area (Å²) < 4.78 is 6.23. The monoisotopic (exact) mass is 272 g/mol. The fourth-order valence-corrected chi connectivity index (χ4v) is 2.76. The second-order valence-electron chi connectivity index (χ2n) is 6.25. The van der Waals surface area contributed by atoms with Crippen LogP contribution in [0.3, 0.4) is 0 Å². The summed E-state index contributed by atoms with van der Waals surface area (Å²) in [5.41, 5.74) is 0. The lowest BCUT2D eigenvalue weighted by Crippen LogP contribution is -2.43. The van der Waals surface area contributed by atoms with E-state index in [2.05, 4.69) is 38.8 Å². The molecule has 0 amide bonds. The van der Waals surface area contributed by atoms with Gasteiger partial charge in [0.15, 0.2) is 8.32 Å². The quantitative estimate of drug-likeness (QED) is 0.341. The lowest BCUT2D eigenvalue weighted by Gasteiger charge is -2.38. The molecule has 2 unspecified atom stereocenters. The molecular weight excluding hydrogens is 248 g/mol. The van der Waals surface area contributed by atoms with Crippen LogP contribution in [-0.2, 0) is 19.0 Å². The molecule has 0 aromatic heterocycles. The number of rotatable bonds is 4. The first-order valence-corrected chi connectivity index (χ1v) is 9.23. The van der Waals surface area contributed by atoms with Crippen LogP contribution in [0.2, 0.25) is 18.1 Å². The van der Waals surface area contributed by atoms with Crippen molar-refractivity contribution in [1.82, 2.24) is 0 Å². The van der Waals surface area contributed by atoms with Gasteiger partial charge in [-0.2, -0.15) is 4.89 Å². The zero-order valence-corrected chi connectivity index (χ0v) is 13.1. The fraction of sp³-hybridized carbons (Fsp3) is 0.769. The van der Waals surface area contributed by atoms with Gasteiger partial charge in [-0.15, -0.1) is 0 Å². The van der Waals surface area contributed by atoms with Gasteiger partial charge >= 0.3 is 5.97 Å². The van der Waals surface area contributed by atoms with Crippen LogP contribution < -0.4 is 0 Å². The Labute approximate surface area is 110 Å². The van der Waals surface area contributed by atoms with Crippen LogP contribution in [0.15, 0.2) is 12.2 Å². The van der Waals surface area contributed by atoms with Crippen molar-refractivity contribution < 1.29 is 19.0 Å². The minimum Gasteiger partial charge on any atom is -0.410 e. The van der Waals surface area contributed by atoms with E-state index in [0.29, 0.717) is 6.42 Å². The van der Waals surface area contributed by atoms with Crippen LogP contribution in [0.25, 0.3) is 0 Å². The SMILES string of the molecule is CC(=O)OOC1C=CC(O[Si](C)(C)C(C)(C)C)C1. The molecule has 2 atom stereocenters. The van der Waals surface area contributed by atoms with Crippen LogP contribution in [0.4, 0.5) is 0 Å². The molecular formula is C13H24O4Si. The van der Waals surface area contributed by atoms with E-state index >= 15 is 0 Å². The minimum atomic E-state index is -1.76. The molecule has 1 aliphatic carbocycles. The molecule has 0 bridgehead atoms. The van der Waals surface area contributed by atoms with Gasteiger partial charge in [0, 0.05) is 13.3 Å². The second-order valence-corrected chi connectivity index (χ2v) is 11.0. The molecule has 0 heterocycles. The first-order chi connectivity index (χ1) is 8.12. The summed E-state index contributed by atoms with van der Waals surface area (Å²) in [6.07, 6.45) is 4.46. The highest BCUT2D eigenvalue weighted by Crippen LogP contribution is 2.38. The molecule has 0 radical (unpaired) electrons. The van der Waals surface area contributed by atoms with E-state index in [1.165, 1.54) is 6.92 Å². The molecule has 0 aromatic carbocycles. The van der Waals surface area contributed by atoms with E-state index in [1.54, 1.807) is 0 Å². The third kappa shape index (κ3) is 4.22. The van der Waals surface area contributed by atoms with Gasteiger partial charge in [0.25, 0.3) is 0 Å². The highest BCUT2D eigenvalue weighted by atomic mass is 28.4. The molecule has 0 saturated carbocycles. The van der Waals surface area contributed by atoms with Crippen LogP contribution in [0.1, 0.15) is 34.1 Å². The maximum atomic E-state index is 10.6. The van der Waals surface area contributed by atoms with Crippen molar-refractivity contribution >= 4 is 14.3 Å². The average molecular weight is 272 g/mol.